The summed E-state index contributed by atoms with van der Waals surface area (Å²) < 4.78 is 0. The number of anilines is 2. The number of fused-ring (bicyclic) bond motifs is 1. The lowest BCUT2D eigenvalue weighted by Crippen LogP contribution is -2.32. The summed E-state index contributed by atoms with van der Waals surface area (Å²) in [5.41, 5.74) is 4.45. The Kier molecular flexibility index (Phi) is 7.27. The Morgan fingerprint density at radius 1 is 1.03 bits per heavy atom. The molecule has 1 aliphatic heterocycles. The highest BCUT2D eigenvalue weighted by atomic mass is 35.5. The Morgan fingerprint density at radius 3 is 2.50 bits per heavy atom. The molecule has 3 aromatic carbocycles. The number of hydrogen-bond donors (Lipinski definition) is 1. The standard InChI is InChI=1S/C27H27Cl2N3O2/c1-17-15-18(10-13-23(17)30-26(33)20-12-11-19(28)16-22(20)29)27(34)32-14-6-9-24(31(2)3)21-7-4-5-8-25(21)32/h4-5,7-8,10-13,15-16,24H,6,9,14H2,1-3H3,(H,30,33). The van der Waals surface area contributed by atoms with E-state index in [9.17, 15) is 9.59 Å². The topological polar surface area (TPSA) is 52.7 Å². The first-order chi connectivity index (χ1) is 16.3. The second-order valence-corrected chi connectivity index (χ2v) is 9.59. The van der Waals surface area contributed by atoms with Crippen LogP contribution in [0.1, 0.15) is 50.7 Å². The van der Waals surface area contributed by atoms with Gasteiger partial charge in [0.05, 0.1) is 10.6 Å². The zero-order valence-corrected chi connectivity index (χ0v) is 21.0. The van der Waals surface area contributed by atoms with Crippen molar-refractivity contribution < 1.29 is 9.59 Å². The molecule has 7 heteroatoms. The van der Waals surface area contributed by atoms with E-state index < -0.39 is 0 Å². The number of carbonyl (C=O) groups excluding carboxylic acids is 2. The molecule has 0 bridgehead atoms. The molecule has 1 N–H and O–H groups in total. The number of hydrogen-bond acceptors (Lipinski definition) is 3. The van der Waals surface area contributed by atoms with Gasteiger partial charge in [-0.05, 0) is 87.5 Å². The van der Waals surface area contributed by atoms with E-state index in [0.717, 1.165) is 24.1 Å². The molecule has 0 aliphatic carbocycles. The lowest BCUT2D eigenvalue weighted by Gasteiger charge is -2.27. The number of rotatable bonds is 4. The molecule has 5 nitrogen and oxygen atoms in total. The van der Waals surface area contributed by atoms with E-state index in [2.05, 4.69) is 30.4 Å². The van der Waals surface area contributed by atoms with Crippen molar-refractivity contribution in [2.45, 2.75) is 25.8 Å². The van der Waals surface area contributed by atoms with Gasteiger partial charge in [0.15, 0.2) is 0 Å². The SMILES string of the molecule is Cc1cc(C(=O)N2CCCC(N(C)C)c3ccccc32)ccc1NC(=O)c1ccc(Cl)cc1Cl. The maximum Gasteiger partial charge on any atom is 0.258 e. The Balaban J connectivity index is 1.58. The summed E-state index contributed by atoms with van der Waals surface area (Å²) in [5.74, 6) is -0.381. The third-order valence-electron chi connectivity index (χ3n) is 6.21. The second kappa shape index (κ2) is 10.2. The zero-order chi connectivity index (χ0) is 24.4. The minimum absolute atomic E-state index is 0.0476. The summed E-state index contributed by atoms with van der Waals surface area (Å²) in [6.07, 6.45) is 1.91. The molecule has 0 aromatic heterocycles. The molecule has 0 fully saturated rings. The Hall–Kier alpha value is -2.86. The van der Waals surface area contributed by atoms with Crippen LogP contribution in [-0.4, -0.2) is 37.4 Å². The predicted molar refractivity (Wildman–Crippen MR) is 139 cm³/mol. The summed E-state index contributed by atoms with van der Waals surface area (Å²) in [5, 5.41) is 3.63. The van der Waals surface area contributed by atoms with E-state index >= 15 is 0 Å². The average molecular weight is 496 g/mol. The van der Waals surface area contributed by atoms with Crippen molar-refractivity contribution in [3.8, 4) is 0 Å². The number of nitrogens with zero attached hydrogens (tertiary/aromatic N) is 2. The first-order valence-electron chi connectivity index (χ1n) is 11.2. The summed E-state index contributed by atoms with van der Waals surface area (Å²) >= 11 is 12.1. The van der Waals surface area contributed by atoms with Gasteiger partial charge in [0, 0.05) is 34.5 Å². The molecular formula is C27H27Cl2N3O2. The molecule has 0 saturated heterocycles. The van der Waals surface area contributed by atoms with Gasteiger partial charge in [0.25, 0.3) is 11.8 Å². The van der Waals surface area contributed by atoms with Crippen molar-refractivity contribution in [2.24, 2.45) is 0 Å². The van der Waals surface area contributed by atoms with Gasteiger partial charge in [0.2, 0.25) is 0 Å². The van der Waals surface area contributed by atoms with Crippen molar-refractivity contribution >= 4 is 46.4 Å². The van der Waals surface area contributed by atoms with Gasteiger partial charge >= 0.3 is 0 Å². The molecule has 0 radical (unpaired) electrons. The molecule has 0 saturated carbocycles. The number of carbonyl (C=O) groups is 2. The molecule has 3 aromatic rings. The smallest absolute Gasteiger partial charge is 0.258 e. The molecule has 1 atom stereocenters. The highest BCUT2D eigenvalue weighted by molar-refractivity contribution is 6.37. The number of para-hydroxylation sites is 1. The number of benzene rings is 3. The van der Waals surface area contributed by atoms with Crippen LogP contribution in [0.4, 0.5) is 11.4 Å². The van der Waals surface area contributed by atoms with Crippen LogP contribution < -0.4 is 10.2 Å². The molecule has 176 valence electrons. The second-order valence-electron chi connectivity index (χ2n) is 8.75. The molecule has 1 aliphatic rings. The summed E-state index contributed by atoms with van der Waals surface area (Å²) in [4.78, 5) is 30.4. The molecule has 0 spiro atoms. The van der Waals surface area contributed by atoms with Crippen LogP contribution >= 0.6 is 23.2 Å². The number of amides is 2. The Morgan fingerprint density at radius 2 is 1.79 bits per heavy atom. The van der Waals surface area contributed by atoms with Crippen LogP contribution in [0.15, 0.2) is 60.7 Å². The maximum atomic E-state index is 13.6. The van der Waals surface area contributed by atoms with Crippen LogP contribution in [-0.2, 0) is 0 Å². The Labute approximate surface area is 210 Å². The van der Waals surface area contributed by atoms with Gasteiger partial charge in [0.1, 0.15) is 0 Å². The van der Waals surface area contributed by atoms with Crippen molar-refractivity contribution in [1.82, 2.24) is 4.90 Å². The van der Waals surface area contributed by atoms with E-state index in [0.29, 0.717) is 28.4 Å². The largest absolute Gasteiger partial charge is 0.322 e. The van der Waals surface area contributed by atoms with E-state index in [1.54, 1.807) is 24.3 Å². The third-order valence-corrected chi connectivity index (χ3v) is 6.76. The fraction of sp³-hybridized carbons (Fsp3) is 0.259. The maximum absolute atomic E-state index is 13.6. The predicted octanol–water partition coefficient (Wildman–Crippen LogP) is 6.60. The number of nitrogens with one attached hydrogen (secondary N) is 1. The van der Waals surface area contributed by atoms with Crippen LogP contribution in [0.2, 0.25) is 10.0 Å². The summed E-state index contributed by atoms with van der Waals surface area (Å²) in [6.45, 7) is 2.53. The normalized spacial score (nSPS) is 15.6. The fourth-order valence-electron chi connectivity index (χ4n) is 4.44. The van der Waals surface area contributed by atoms with E-state index in [4.69, 9.17) is 23.2 Å². The van der Waals surface area contributed by atoms with E-state index in [1.807, 2.05) is 36.1 Å². The number of aryl methyl sites for hydroxylation is 1. The van der Waals surface area contributed by atoms with Crippen LogP contribution in [0.3, 0.4) is 0 Å². The van der Waals surface area contributed by atoms with Crippen LogP contribution in [0, 0.1) is 6.92 Å². The summed E-state index contributed by atoms with van der Waals surface area (Å²) in [7, 11) is 4.15. The van der Waals surface area contributed by atoms with Crippen molar-refractivity contribution in [3.63, 3.8) is 0 Å². The molecule has 2 amide bonds. The molecule has 4 rings (SSSR count). The minimum atomic E-state index is -0.333. The Bertz CT molecular complexity index is 1240. The lowest BCUT2D eigenvalue weighted by molar-refractivity contribution is 0.0985. The van der Waals surface area contributed by atoms with Crippen molar-refractivity contribution in [1.29, 1.82) is 0 Å². The lowest BCUT2D eigenvalue weighted by atomic mass is 10.0. The fourth-order valence-corrected chi connectivity index (χ4v) is 4.93. The van der Waals surface area contributed by atoms with Gasteiger partial charge < -0.3 is 15.1 Å². The highest BCUT2D eigenvalue weighted by Gasteiger charge is 2.28. The van der Waals surface area contributed by atoms with Gasteiger partial charge in [-0.1, -0.05) is 41.4 Å². The van der Waals surface area contributed by atoms with E-state index in [1.165, 1.54) is 11.6 Å². The first kappa shape index (κ1) is 24.3. The van der Waals surface area contributed by atoms with Gasteiger partial charge in [-0.3, -0.25) is 9.59 Å². The van der Waals surface area contributed by atoms with Crippen LogP contribution in [0.25, 0.3) is 0 Å². The highest BCUT2D eigenvalue weighted by Crippen LogP contribution is 2.36. The molecule has 1 heterocycles. The summed E-state index contributed by atoms with van der Waals surface area (Å²) in [6, 6.07) is 18.5. The average Bonchev–Trinajstić information content (AvgIpc) is 2.99. The van der Waals surface area contributed by atoms with E-state index in [-0.39, 0.29) is 22.9 Å². The third kappa shape index (κ3) is 4.97. The van der Waals surface area contributed by atoms with Gasteiger partial charge in [-0.2, -0.15) is 0 Å². The first-order valence-corrected chi connectivity index (χ1v) is 12.0. The van der Waals surface area contributed by atoms with Crippen LogP contribution in [0.5, 0.6) is 0 Å². The molecule has 34 heavy (non-hydrogen) atoms. The number of halogens is 2. The molecule has 1 unspecified atom stereocenters. The monoisotopic (exact) mass is 495 g/mol. The molecular weight excluding hydrogens is 469 g/mol. The van der Waals surface area contributed by atoms with Crippen molar-refractivity contribution in [3.05, 3.63) is 93.0 Å². The van der Waals surface area contributed by atoms with Gasteiger partial charge in [-0.25, -0.2) is 0 Å². The van der Waals surface area contributed by atoms with Gasteiger partial charge in [-0.15, -0.1) is 0 Å². The zero-order valence-electron chi connectivity index (χ0n) is 19.4. The minimum Gasteiger partial charge on any atom is -0.322 e. The van der Waals surface area contributed by atoms with Crippen molar-refractivity contribution in [2.75, 3.05) is 30.9 Å². The quantitative estimate of drug-likeness (QED) is 0.443.